The van der Waals surface area contributed by atoms with E-state index in [0.717, 1.165) is 31.8 Å². The van der Waals surface area contributed by atoms with Crippen molar-refractivity contribution in [3.8, 4) is 5.75 Å². The molecule has 1 atom stereocenters. The van der Waals surface area contributed by atoms with Crippen molar-refractivity contribution in [3.05, 3.63) is 29.3 Å². The summed E-state index contributed by atoms with van der Waals surface area (Å²) in [5, 5.41) is 3.20. The van der Waals surface area contributed by atoms with E-state index in [1.807, 2.05) is 30.1 Å². The molecule has 2 rings (SSSR count). The van der Waals surface area contributed by atoms with Gasteiger partial charge in [0.2, 0.25) is 0 Å². The van der Waals surface area contributed by atoms with E-state index in [2.05, 4.69) is 19.2 Å². The number of halogens is 1. The molecule has 0 radical (unpaired) electrons. The Labute approximate surface area is 139 Å². The standard InChI is InChI=1S/C17H26N2O2.ClH/c1-13-6-7-16(9-14(13)2)21-12-17(20)19-8-4-5-15(11-19)10-18-3;/h6-7,9,15,18H,4-5,8,10-12H2,1-3H3;1H. The van der Waals surface area contributed by atoms with Gasteiger partial charge in [0, 0.05) is 13.1 Å². The van der Waals surface area contributed by atoms with Crippen LogP contribution in [-0.4, -0.2) is 44.1 Å². The molecule has 124 valence electrons. The Morgan fingerprint density at radius 1 is 1.36 bits per heavy atom. The molecule has 1 aromatic carbocycles. The van der Waals surface area contributed by atoms with Gasteiger partial charge in [-0.1, -0.05) is 6.07 Å². The van der Waals surface area contributed by atoms with E-state index in [1.54, 1.807) is 0 Å². The third-order valence-corrected chi connectivity index (χ3v) is 4.21. The fourth-order valence-corrected chi connectivity index (χ4v) is 2.79. The first kappa shape index (κ1) is 18.8. The lowest BCUT2D eigenvalue weighted by Gasteiger charge is -2.32. The normalized spacial score (nSPS) is 17.8. The second-order valence-corrected chi connectivity index (χ2v) is 5.94. The molecule has 4 nitrogen and oxygen atoms in total. The van der Waals surface area contributed by atoms with E-state index in [4.69, 9.17) is 4.74 Å². The first-order valence-corrected chi connectivity index (χ1v) is 7.72. The Bertz CT molecular complexity index is 492. The second-order valence-electron chi connectivity index (χ2n) is 5.94. The number of piperidine rings is 1. The van der Waals surface area contributed by atoms with Crippen LogP contribution < -0.4 is 10.1 Å². The summed E-state index contributed by atoms with van der Waals surface area (Å²) in [7, 11) is 1.96. The van der Waals surface area contributed by atoms with Gasteiger partial charge in [-0.05, 0) is 69.5 Å². The molecule has 1 aliphatic heterocycles. The Kier molecular flexibility index (Phi) is 7.69. The summed E-state index contributed by atoms with van der Waals surface area (Å²) in [5.41, 5.74) is 2.42. The molecule has 0 saturated carbocycles. The lowest BCUT2D eigenvalue weighted by Crippen LogP contribution is -2.44. The molecule has 1 heterocycles. The molecule has 1 unspecified atom stereocenters. The lowest BCUT2D eigenvalue weighted by molar-refractivity contribution is -0.135. The van der Waals surface area contributed by atoms with E-state index >= 15 is 0 Å². The number of likely N-dealkylation sites (tertiary alicyclic amines) is 1. The molecule has 1 amide bonds. The van der Waals surface area contributed by atoms with Crippen molar-refractivity contribution in [1.82, 2.24) is 10.2 Å². The molecule has 1 aliphatic rings. The number of carbonyl (C=O) groups excluding carboxylic acids is 1. The molecule has 1 N–H and O–H groups in total. The largest absolute Gasteiger partial charge is 0.484 e. The number of hydrogen-bond acceptors (Lipinski definition) is 3. The van der Waals surface area contributed by atoms with Gasteiger partial charge in [0.1, 0.15) is 5.75 Å². The van der Waals surface area contributed by atoms with E-state index in [-0.39, 0.29) is 24.9 Å². The highest BCUT2D eigenvalue weighted by molar-refractivity contribution is 5.85. The van der Waals surface area contributed by atoms with Crippen molar-refractivity contribution < 1.29 is 9.53 Å². The second kappa shape index (κ2) is 9.01. The van der Waals surface area contributed by atoms with Crippen LogP contribution in [0.1, 0.15) is 24.0 Å². The number of hydrogen-bond donors (Lipinski definition) is 1. The third-order valence-electron chi connectivity index (χ3n) is 4.21. The predicted octanol–water partition coefficient (Wildman–Crippen LogP) is 2.56. The van der Waals surface area contributed by atoms with Crippen LogP contribution in [0.15, 0.2) is 18.2 Å². The van der Waals surface area contributed by atoms with Crippen molar-refractivity contribution >= 4 is 18.3 Å². The number of amides is 1. The van der Waals surface area contributed by atoms with Gasteiger partial charge >= 0.3 is 0 Å². The average Bonchev–Trinajstić information content (AvgIpc) is 2.49. The Morgan fingerprint density at radius 2 is 2.14 bits per heavy atom. The van der Waals surface area contributed by atoms with Gasteiger partial charge in [-0.3, -0.25) is 4.79 Å². The molecular weight excluding hydrogens is 300 g/mol. The maximum absolute atomic E-state index is 12.3. The molecular formula is C17H27ClN2O2. The van der Waals surface area contributed by atoms with Crippen molar-refractivity contribution in [3.63, 3.8) is 0 Å². The molecule has 22 heavy (non-hydrogen) atoms. The summed E-state index contributed by atoms with van der Waals surface area (Å²) < 4.78 is 5.65. The molecule has 0 spiro atoms. The highest BCUT2D eigenvalue weighted by Crippen LogP contribution is 2.18. The molecule has 0 bridgehead atoms. The van der Waals surface area contributed by atoms with Crippen LogP contribution >= 0.6 is 12.4 Å². The Balaban J connectivity index is 0.00000242. The highest BCUT2D eigenvalue weighted by atomic mass is 35.5. The van der Waals surface area contributed by atoms with Gasteiger partial charge in [-0.15, -0.1) is 12.4 Å². The quantitative estimate of drug-likeness (QED) is 0.904. The summed E-state index contributed by atoms with van der Waals surface area (Å²) in [4.78, 5) is 14.2. The van der Waals surface area contributed by atoms with Gasteiger partial charge in [-0.2, -0.15) is 0 Å². The van der Waals surface area contributed by atoms with E-state index < -0.39 is 0 Å². The fourth-order valence-electron chi connectivity index (χ4n) is 2.79. The molecule has 5 heteroatoms. The van der Waals surface area contributed by atoms with Crippen molar-refractivity contribution in [2.75, 3.05) is 33.3 Å². The Morgan fingerprint density at radius 3 is 2.82 bits per heavy atom. The maximum atomic E-state index is 12.3. The number of aryl methyl sites for hydroxylation is 2. The minimum absolute atomic E-state index is 0. The van der Waals surface area contributed by atoms with E-state index in [1.165, 1.54) is 17.5 Å². The minimum Gasteiger partial charge on any atom is -0.484 e. The molecule has 0 aliphatic carbocycles. The van der Waals surface area contributed by atoms with Gasteiger partial charge < -0.3 is 15.0 Å². The fraction of sp³-hybridized carbons (Fsp3) is 0.588. The topological polar surface area (TPSA) is 41.6 Å². The summed E-state index contributed by atoms with van der Waals surface area (Å²) in [6.07, 6.45) is 2.28. The lowest BCUT2D eigenvalue weighted by atomic mass is 9.98. The summed E-state index contributed by atoms with van der Waals surface area (Å²) in [5.74, 6) is 1.43. The van der Waals surface area contributed by atoms with Crippen LogP contribution in [0.2, 0.25) is 0 Å². The van der Waals surface area contributed by atoms with Gasteiger partial charge in [0.25, 0.3) is 5.91 Å². The zero-order chi connectivity index (χ0) is 15.2. The SMILES string of the molecule is CNCC1CCCN(C(=O)COc2ccc(C)c(C)c2)C1.Cl. The van der Waals surface area contributed by atoms with Crippen LogP contribution in [0, 0.1) is 19.8 Å². The highest BCUT2D eigenvalue weighted by Gasteiger charge is 2.23. The smallest absolute Gasteiger partial charge is 0.260 e. The minimum atomic E-state index is 0. The number of benzene rings is 1. The number of nitrogens with zero attached hydrogens (tertiary/aromatic N) is 1. The van der Waals surface area contributed by atoms with Gasteiger partial charge in [-0.25, -0.2) is 0 Å². The molecule has 1 saturated heterocycles. The Hall–Kier alpha value is -1.26. The molecule has 1 aromatic rings. The average molecular weight is 327 g/mol. The van der Waals surface area contributed by atoms with Crippen molar-refractivity contribution in [2.24, 2.45) is 5.92 Å². The predicted molar refractivity (Wildman–Crippen MR) is 91.9 cm³/mol. The van der Waals surface area contributed by atoms with E-state index in [9.17, 15) is 4.79 Å². The van der Waals surface area contributed by atoms with Gasteiger partial charge in [0.05, 0.1) is 0 Å². The summed E-state index contributed by atoms with van der Waals surface area (Å²) >= 11 is 0. The maximum Gasteiger partial charge on any atom is 0.260 e. The van der Waals surface area contributed by atoms with E-state index in [0.29, 0.717) is 5.92 Å². The van der Waals surface area contributed by atoms with Crippen LogP contribution in [0.5, 0.6) is 5.75 Å². The van der Waals surface area contributed by atoms with Crippen LogP contribution in [0.4, 0.5) is 0 Å². The summed E-state index contributed by atoms with van der Waals surface area (Å²) in [6, 6.07) is 5.94. The first-order valence-electron chi connectivity index (χ1n) is 7.72. The number of carbonyl (C=O) groups is 1. The molecule has 0 aromatic heterocycles. The van der Waals surface area contributed by atoms with Crippen molar-refractivity contribution in [1.29, 1.82) is 0 Å². The third kappa shape index (κ3) is 5.18. The van der Waals surface area contributed by atoms with Crippen LogP contribution in [-0.2, 0) is 4.79 Å². The number of nitrogens with one attached hydrogen (secondary N) is 1. The first-order chi connectivity index (χ1) is 10.1. The van der Waals surface area contributed by atoms with Crippen molar-refractivity contribution in [2.45, 2.75) is 26.7 Å². The number of rotatable bonds is 5. The van der Waals surface area contributed by atoms with Crippen LogP contribution in [0.3, 0.4) is 0 Å². The zero-order valence-corrected chi connectivity index (χ0v) is 14.5. The zero-order valence-electron chi connectivity index (χ0n) is 13.7. The summed E-state index contributed by atoms with van der Waals surface area (Å²) in [6.45, 7) is 6.93. The van der Waals surface area contributed by atoms with Gasteiger partial charge in [0.15, 0.2) is 6.61 Å². The monoisotopic (exact) mass is 326 g/mol. The van der Waals surface area contributed by atoms with Crippen LogP contribution in [0.25, 0.3) is 0 Å². The number of ether oxygens (including phenoxy) is 1. The molecule has 1 fully saturated rings.